The first kappa shape index (κ1) is 13.2. The second-order valence-corrected chi connectivity index (χ2v) is 4.74. The molecule has 0 aromatic heterocycles. The summed E-state index contributed by atoms with van der Waals surface area (Å²) in [7, 11) is 0. The Balaban J connectivity index is 2.79. The highest BCUT2D eigenvalue weighted by atomic mass is 14.9. The number of hydrogen-bond donors (Lipinski definition) is 1. The van der Waals surface area contributed by atoms with E-state index in [-0.39, 0.29) is 0 Å². The first-order chi connectivity index (χ1) is 7.69. The zero-order valence-electron chi connectivity index (χ0n) is 11.1. The summed E-state index contributed by atoms with van der Waals surface area (Å²) in [6.45, 7) is 10.1. The maximum absolute atomic E-state index is 3.60. The molecule has 0 spiro atoms. The second-order valence-electron chi connectivity index (χ2n) is 4.74. The van der Waals surface area contributed by atoms with E-state index < -0.39 is 0 Å². The smallest absolute Gasteiger partial charge is 0.0317 e. The fourth-order valence-electron chi connectivity index (χ4n) is 1.95. The fourth-order valence-corrected chi connectivity index (χ4v) is 1.95. The highest BCUT2D eigenvalue weighted by Gasteiger charge is 2.09. The Morgan fingerprint density at radius 1 is 1.12 bits per heavy atom. The van der Waals surface area contributed by atoms with Crippen LogP contribution >= 0.6 is 0 Å². The van der Waals surface area contributed by atoms with Gasteiger partial charge in [-0.05, 0) is 36.4 Å². The van der Waals surface area contributed by atoms with Crippen LogP contribution in [0.4, 0.5) is 0 Å². The SMILES string of the molecule is CCCNC(CC)c1cccc(C(C)C)c1. The van der Waals surface area contributed by atoms with Crippen molar-refractivity contribution >= 4 is 0 Å². The molecule has 1 nitrogen and oxygen atoms in total. The Labute approximate surface area is 100 Å². The van der Waals surface area contributed by atoms with Gasteiger partial charge in [-0.2, -0.15) is 0 Å². The van der Waals surface area contributed by atoms with Crippen LogP contribution in [0.15, 0.2) is 24.3 Å². The molecule has 1 atom stereocenters. The van der Waals surface area contributed by atoms with E-state index >= 15 is 0 Å². The molecular weight excluding hydrogens is 194 g/mol. The molecule has 0 saturated carbocycles. The molecule has 0 radical (unpaired) electrons. The summed E-state index contributed by atoms with van der Waals surface area (Å²) in [5.74, 6) is 0.614. The van der Waals surface area contributed by atoms with E-state index in [2.05, 4.69) is 57.3 Å². The molecule has 1 N–H and O–H groups in total. The summed E-state index contributed by atoms with van der Waals surface area (Å²) in [5.41, 5.74) is 2.87. The molecule has 1 aromatic carbocycles. The molecule has 0 saturated heterocycles. The molecular formula is C15H25N. The van der Waals surface area contributed by atoms with E-state index in [1.54, 1.807) is 0 Å². The van der Waals surface area contributed by atoms with E-state index in [0.29, 0.717) is 12.0 Å². The van der Waals surface area contributed by atoms with Gasteiger partial charge in [0.05, 0.1) is 0 Å². The lowest BCUT2D eigenvalue weighted by Gasteiger charge is -2.18. The van der Waals surface area contributed by atoms with Crippen LogP contribution in [0.1, 0.15) is 63.6 Å². The van der Waals surface area contributed by atoms with E-state index in [9.17, 15) is 0 Å². The predicted molar refractivity (Wildman–Crippen MR) is 71.9 cm³/mol. The number of rotatable bonds is 6. The fraction of sp³-hybridized carbons (Fsp3) is 0.600. The third kappa shape index (κ3) is 3.64. The second kappa shape index (κ2) is 6.70. The highest BCUT2D eigenvalue weighted by molar-refractivity contribution is 5.28. The molecule has 1 aromatic rings. The number of nitrogens with one attached hydrogen (secondary N) is 1. The van der Waals surface area contributed by atoms with Gasteiger partial charge in [-0.25, -0.2) is 0 Å². The van der Waals surface area contributed by atoms with E-state index in [1.165, 1.54) is 17.5 Å². The van der Waals surface area contributed by atoms with Crippen LogP contribution in [0.3, 0.4) is 0 Å². The van der Waals surface area contributed by atoms with Crippen LogP contribution in [0.25, 0.3) is 0 Å². The Morgan fingerprint density at radius 3 is 2.38 bits per heavy atom. The topological polar surface area (TPSA) is 12.0 Å². The van der Waals surface area contributed by atoms with Crippen LogP contribution < -0.4 is 5.32 Å². The Kier molecular flexibility index (Phi) is 5.54. The minimum Gasteiger partial charge on any atom is -0.310 e. The molecule has 90 valence electrons. The molecule has 0 amide bonds. The quantitative estimate of drug-likeness (QED) is 0.753. The summed E-state index contributed by atoms with van der Waals surface area (Å²) in [5, 5.41) is 3.60. The molecule has 0 heterocycles. The lowest BCUT2D eigenvalue weighted by atomic mass is 9.96. The minimum absolute atomic E-state index is 0.513. The normalized spacial score (nSPS) is 13.1. The molecule has 16 heavy (non-hydrogen) atoms. The highest BCUT2D eigenvalue weighted by Crippen LogP contribution is 2.21. The molecule has 1 rings (SSSR count). The first-order valence-corrected chi connectivity index (χ1v) is 6.52. The van der Waals surface area contributed by atoms with Crippen LogP contribution in [0.2, 0.25) is 0 Å². The third-order valence-electron chi connectivity index (χ3n) is 3.03. The Bertz CT molecular complexity index is 304. The van der Waals surface area contributed by atoms with Gasteiger partial charge in [-0.3, -0.25) is 0 Å². The predicted octanol–water partition coefficient (Wildman–Crippen LogP) is 4.26. The van der Waals surface area contributed by atoms with Gasteiger partial charge in [0.2, 0.25) is 0 Å². The van der Waals surface area contributed by atoms with Crippen LogP contribution in [-0.2, 0) is 0 Å². The van der Waals surface area contributed by atoms with Crippen molar-refractivity contribution in [2.75, 3.05) is 6.54 Å². The van der Waals surface area contributed by atoms with Gasteiger partial charge in [-0.15, -0.1) is 0 Å². The molecule has 0 bridgehead atoms. The standard InChI is InChI=1S/C15H25N/c1-5-10-16-15(6-2)14-9-7-8-13(11-14)12(3)4/h7-9,11-12,15-16H,5-6,10H2,1-4H3. The average Bonchev–Trinajstić information content (AvgIpc) is 2.30. The van der Waals surface area contributed by atoms with Crippen molar-refractivity contribution in [3.05, 3.63) is 35.4 Å². The van der Waals surface area contributed by atoms with Crippen molar-refractivity contribution in [2.24, 2.45) is 0 Å². The molecule has 0 aliphatic heterocycles. The van der Waals surface area contributed by atoms with Gasteiger partial charge >= 0.3 is 0 Å². The summed E-state index contributed by atoms with van der Waals surface area (Å²) < 4.78 is 0. The van der Waals surface area contributed by atoms with Gasteiger partial charge in [0.25, 0.3) is 0 Å². The minimum atomic E-state index is 0.513. The monoisotopic (exact) mass is 219 g/mol. The first-order valence-electron chi connectivity index (χ1n) is 6.52. The van der Waals surface area contributed by atoms with Crippen molar-refractivity contribution in [2.45, 2.75) is 52.5 Å². The van der Waals surface area contributed by atoms with E-state index in [1.807, 2.05) is 0 Å². The largest absolute Gasteiger partial charge is 0.310 e. The van der Waals surface area contributed by atoms with Gasteiger partial charge in [0, 0.05) is 6.04 Å². The van der Waals surface area contributed by atoms with Crippen molar-refractivity contribution < 1.29 is 0 Å². The van der Waals surface area contributed by atoms with Gasteiger partial charge < -0.3 is 5.32 Å². The van der Waals surface area contributed by atoms with Crippen molar-refractivity contribution in [1.29, 1.82) is 0 Å². The zero-order valence-corrected chi connectivity index (χ0v) is 11.1. The number of hydrogen-bond acceptors (Lipinski definition) is 1. The molecule has 1 unspecified atom stereocenters. The summed E-state index contributed by atoms with van der Waals surface area (Å²) in [6.07, 6.45) is 2.35. The van der Waals surface area contributed by atoms with Crippen LogP contribution in [0.5, 0.6) is 0 Å². The number of benzene rings is 1. The maximum Gasteiger partial charge on any atom is 0.0317 e. The average molecular weight is 219 g/mol. The third-order valence-corrected chi connectivity index (χ3v) is 3.03. The lowest BCUT2D eigenvalue weighted by Crippen LogP contribution is -2.21. The van der Waals surface area contributed by atoms with Gasteiger partial charge in [-0.1, -0.05) is 52.0 Å². The lowest BCUT2D eigenvalue weighted by molar-refractivity contribution is 0.518. The summed E-state index contributed by atoms with van der Waals surface area (Å²) in [6, 6.07) is 9.50. The van der Waals surface area contributed by atoms with Crippen molar-refractivity contribution in [1.82, 2.24) is 5.32 Å². The molecule has 1 heteroatoms. The molecule has 0 aliphatic carbocycles. The van der Waals surface area contributed by atoms with E-state index in [4.69, 9.17) is 0 Å². The van der Waals surface area contributed by atoms with E-state index in [0.717, 1.165) is 13.0 Å². The van der Waals surface area contributed by atoms with Gasteiger partial charge in [0.15, 0.2) is 0 Å². The van der Waals surface area contributed by atoms with Crippen molar-refractivity contribution in [3.8, 4) is 0 Å². The molecule has 0 fully saturated rings. The maximum atomic E-state index is 3.60. The zero-order chi connectivity index (χ0) is 12.0. The van der Waals surface area contributed by atoms with Crippen LogP contribution in [-0.4, -0.2) is 6.54 Å². The Hall–Kier alpha value is -0.820. The molecule has 0 aliphatic rings. The Morgan fingerprint density at radius 2 is 1.81 bits per heavy atom. The summed E-state index contributed by atoms with van der Waals surface area (Å²) in [4.78, 5) is 0. The summed E-state index contributed by atoms with van der Waals surface area (Å²) >= 11 is 0. The van der Waals surface area contributed by atoms with Crippen LogP contribution in [0, 0.1) is 0 Å². The van der Waals surface area contributed by atoms with Crippen molar-refractivity contribution in [3.63, 3.8) is 0 Å². The van der Waals surface area contributed by atoms with Gasteiger partial charge in [0.1, 0.15) is 0 Å².